The smallest absolute Gasteiger partial charge is 0.220 e. The summed E-state index contributed by atoms with van der Waals surface area (Å²) in [5.74, 6) is -0.0826. The van der Waals surface area contributed by atoms with E-state index in [1.54, 1.807) is 24.8 Å². The molecule has 0 radical (unpaired) electrons. The van der Waals surface area contributed by atoms with E-state index >= 15 is 0 Å². The number of aromatic nitrogens is 2. The Morgan fingerprint density at radius 3 is 3.18 bits per heavy atom. The third kappa shape index (κ3) is 2.66. The lowest BCUT2D eigenvalue weighted by Crippen LogP contribution is -2.10. The van der Waals surface area contributed by atoms with Crippen molar-refractivity contribution in [1.29, 1.82) is 0 Å². The van der Waals surface area contributed by atoms with Gasteiger partial charge in [-0.25, -0.2) is 4.98 Å². The molecular formula is C7H9N3O. The van der Waals surface area contributed by atoms with Gasteiger partial charge in [0.15, 0.2) is 0 Å². The molecular weight excluding hydrogens is 142 g/mol. The predicted octanol–water partition coefficient (Wildman–Crippen LogP) is 0.517. The highest BCUT2D eigenvalue weighted by molar-refractivity contribution is 5.74. The van der Waals surface area contributed by atoms with E-state index in [4.69, 9.17) is 0 Å². The van der Waals surface area contributed by atoms with Crippen molar-refractivity contribution in [2.45, 2.75) is 6.92 Å². The minimum atomic E-state index is -0.0826. The maximum absolute atomic E-state index is 10.4. The SMILES string of the molecule is CC(=O)NC=Cc1cnc[nH]1. The Morgan fingerprint density at radius 2 is 2.64 bits per heavy atom. The third-order valence-electron chi connectivity index (χ3n) is 1.07. The molecule has 0 spiro atoms. The first-order valence-electron chi connectivity index (χ1n) is 3.21. The Kier molecular flexibility index (Phi) is 2.43. The minimum absolute atomic E-state index is 0.0826. The van der Waals surface area contributed by atoms with Gasteiger partial charge < -0.3 is 10.3 Å². The predicted molar refractivity (Wildman–Crippen MR) is 41.4 cm³/mol. The van der Waals surface area contributed by atoms with Gasteiger partial charge in [-0.2, -0.15) is 0 Å². The lowest BCUT2D eigenvalue weighted by molar-refractivity contribution is -0.118. The number of hydrogen-bond donors (Lipinski definition) is 2. The fourth-order valence-electron chi connectivity index (χ4n) is 0.607. The summed E-state index contributed by atoms with van der Waals surface area (Å²) in [4.78, 5) is 17.0. The largest absolute Gasteiger partial charge is 0.345 e. The van der Waals surface area contributed by atoms with E-state index in [9.17, 15) is 4.79 Å². The molecule has 0 atom stereocenters. The number of imidazole rings is 1. The molecule has 0 aliphatic carbocycles. The van der Waals surface area contributed by atoms with Crippen LogP contribution in [-0.2, 0) is 4.79 Å². The highest BCUT2D eigenvalue weighted by Gasteiger charge is 1.85. The molecule has 0 saturated heterocycles. The molecule has 0 unspecified atom stereocenters. The Morgan fingerprint density at radius 1 is 1.82 bits per heavy atom. The van der Waals surface area contributed by atoms with Gasteiger partial charge in [0.25, 0.3) is 0 Å². The van der Waals surface area contributed by atoms with Crippen LogP contribution in [0.5, 0.6) is 0 Å². The number of nitrogens with one attached hydrogen (secondary N) is 2. The maximum atomic E-state index is 10.4. The zero-order valence-electron chi connectivity index (χ0n) is 6.16. The van der Waals surface area contributed by atoms with Crippen LogP contribution in [0.4, 0.5) is 0 Å². The summed E-state index contributed by atoms with van der Waals surface area (Å²) in [6.07, 6.45) is 6.54. The highest BCUT2D eigenvalue weighted by Crippen LogP contribution is 1.91. The second-order valence-corrected chi connectivity index (χ2v) is 2.04. The summed E-state index contributed by atoms with van der Waals surface area (Å²) in [5, 5.41) is 2.52. The van der Waals surface area contributed by atoms with Gasteiger partial charge in [0.2, 0.25) is 5.91 Å². The van der Waals surface area contributed by atoms with Gasteiger partial charge in [0.1, 0.15) is 0 Å². The Hall–Kier alpha value is -1.58. The van der Waals surface area contributed by atoms with Crippen molar-refractivity contribution in [1.82, 2.24) is 15.3 Å². The fourth-order valence-corrected chi connectivity index (χ4v) is 0.607. The Bertz CT molecular complexity index is 251. The second kappa shape index (κ2) is 3.55. The van der Waals surface area contributed by atoms with Crippen LogP contribution in [0, 0.1) is 0 Å². The van der Waals surface area contributed by atoms with Crippen LogP contribution in [-0.4, -0.2) is 15.9 Å². The first kappa shape index (κ1) is 7.53. The molecule has 0 fully saturated rings. The monoisotopic (exact) mass is 151 g/mol. The minimum Gasteiger partial charge on any atom is -0.345 e. The lowest BCUT2D eigenvalue weighted by atomic mass is 10.4. The normalized spacial score (nSPS) is 10.3. The number of aromatic amines is 1. The molecule has 0 aliphatic rings. The van der Waals surface area contributed by atoms with Crippen LogP contribution in [0.25, 0.3) is 6.08 Å². The summed E-state index contributed by atoms with van der Waals surface area (Å²) in [5.41, 5.74) is 0.860. The number of H-pyrrole nitrogens is 1. The van der Waals surface area contributed by atoms with Gasteiger partial charge in [0.05, 0.1) is 18.2 Å². The fraction of sp³-hybridized carbons (Fsp3) is 0.143. The van der Waals surface area contributed by atoms with Crippen LogP contribution < -0.4 is 5.32 Å². The summed E-state index contributed by atoms with van der Waals surface area (Å²) >= 11 is 0. The van der Waals surface area contributed by atoms with Crippen LogP contribution >= 0.6 is 0 Å². The molecule has 4 heteroatoms. The van der Waals surface area contributed by atoms with E-state index < -0.39 is 0 Å². The molecule has 1 heterocycles. The van der Waals surface area contributed by atoms with E-state index in [1.807, 2.05) is 0 Å². The van der Waals surface area contributed by atoms with Gasteiger partial charge in [0, 0.05) is 13.1 Å². The van der Waals surface area contributed by atoms with Gasteiger partial charge in [-0.1, -0.05) is 0 Å². The van der Waals surface area contributed by atoms with Crippen LogP contribution in [0.1, 0.15) is 12.6 Å². The summed E-state index contributed by atoms with van der Waals surface area (Å²) in [6, 6.07) is 0. The van der Waals surface area contributed by atoms with Gasteiger partial charge in [-0.15, -0.1) is 0 Å². The Labute approximate surface area is 64.3 Å². The molecule has 2 N–H and O–H groups in total. The molecule has 58 valence electrons. The van der Waals surface area contributed by atoms with Crippen LogP contribution in [0.2, 0.25) is 0 Å². The van der Waals surface area contributed by atoms with E-state index in [2.05, 4.69) is 15.3 Å². The zero-order chi connectivity index (χ0) is 8.10. The molecule has 1 amide bonds. The van der Waals surface area contributed by atoms with Crippen molar-refractivity contribution < 1.29 is 4.79 Å². The van der Waals surface area contributed by atoms with Crippen molar-refractivity contribution in [3.63, 3.8) is 0 Å². The van der Waals surface area contributed by atoms with Crippen molar-refractivity contribution >= 4 is 12.0 Å². The Balaban J connectivity index is 2.43. The van der Waals surface area contributed by atoms with Crippen molar-refractivity contribution in [2.24, 2.45) is 0 Å². The van der Waals surface area contributed by atoms with Crippen LogP contribution in [0.15, 0.2) is 18.7 Å². The molecule has 11 heavy (non-hydrogen) atoms. The van der Waals surface area contributed by atoms with E-state index in [-0.39, 0.29) is 5.91 Å². The summed E-state index contributed by atoms with van der Waals surface area (Å²) < 4.78 is 0. The number of carbonyl (C=O) groups excluding carboxylic acids is 1. The standard InChI is InChI=1S/C7H9N3O/c1-6(11)9-3-2-7-4-8-5-10-7/h2-5H,1H3,(H,8,10)(H,9,11). The number of rotatable bonds is 2. The highest BCUT2D eigenvalue weighted by atomic mass is 16.1. The van der Waals surface area contributed by atoms with E-state index in [0.29, 0.717) is 0 Å². The molecule has 1 aromatic heterocycles. The molecule has 0 aliphatic heterocycles. The zero-order valence-corrected chi connectivity index (χ0v) is 6.16. The van der Waals surface area contributed by atoms with Gasteiger partial charge in [-0.05, 0) is 6.08 Å². The quantitative estimate of drug-likeness (QED) is 0.647. The second-order valence-electron chi connectivity index (χ2n) is 2.04. The van der Waals surface area contributed by atoms with Crippen LogP contribution in [0.3, 0.4) is 0 Å². The number of nitrogens with zero attached hydrogens (tertiary/aromatic N) is 1. The lowest BCUT2D eigenvalue weighted by Gasteiger charge is -1.88. The van der Waals surface area contributed by atoms with Crippen molar-refractivity contribution in [2.75, 3.05) is 0 Å². The molecule has 4 nitrogen and oxygen atoms in total. The first-order valence-corrected chi connectivity index (χ1v) is 3.21. The van der Waals surface area contributed by atoms with Gasteiger partial charge in [-0.3, -0.25) is 4.79 Å². The number of hydrogen-bond acceptors (Lipinski definition) is 2. The number of amides is 1. The molecule has 1 rings (SSSR count). The topological polar surface area (TPSA) is 57.8 Å². The number of carbonyl (C=O) groups is 1. The molecule has 0 bridgehead atoms. The van der Waals surface area contributed by atoms with Crippen molar-refractivity contribution in [3.8, 4) is 0 Å². The third-order valence-corrected chi connectivity index (χ3v) is 1.07. The van der Waals surface area contributed by atoms with E-state index in [0.717, 1.165) is 5.69 Å². The van der Waals surface area contributed by atoms with Gasteiger partial charge >= 0.3 is 0 Å². The molecule has 1 aromatic rings. The summed E-state index contributed by atoms with van der Waals surface area (Å²) in [6.45, 7) is 1.46. The van der Waals surface area contributed by atoms with E-state index in [1.165, 1.54) is 6.92 Å². The molecule has 0 aromatic carbocycles. The average molecular weight is 151 g/mol. The summed E-state index contributed by atoms with van der Waals surface area (Å²) in [7, 11) is 0. The van der Waals surface area contributed by atoms with Crippen molar-refractivity contribution in [3.05, 3.63) is 24.4 Å². The first-order chi connectivity index (χ1) is 5.29. The maximum Gasteiger partial charge on any atom is 0.220 e. The average Bonchev–Trinajstić information content (AvgIpc) is 2.39. The molecule has 0 saturated carbocycles.